The molecule has 156 valence electrons. The van der Waals surface area contributed by atoms with E-state index in [9.17, 15) is 0 Å². The molecule has 0 aliphatic rings. The van der Waals surface area contributed by atoms with Gasteiger partial charge in [0.1, 0.15) is 8.07 Å². The lowest BCUT2D eigenvalue weighted by molar-refractivity contribution is 0.868. The number of hydrogen-bond acceptors (Lipinski definition) is 0. The van der Waals surface area contributed by atoms with E-state index in [2.05, 4.69) is 121 Å². The fourth-order valence-electron chi connectivity index (χ4n) is 4.86. The number of aryl methyl sites for hydroxylation is 2. The van der Waals surface area contributed by atoms with Gasteiger partial charge in [-0.15, -0.1) is 0 Å². The van der Waals surface area contributed by atoms with Gasteiger partial charge in [0, 0.05) is 0 Å². The van der Waals surface area contributed by atoms with E-state index < -0.39 is 8.07 Å². The normalized spacial score (nSPS) is 11.4. The van der Waals surface area contributed by atoms with Crippen molar-refractivity contribution >= 4 is 18.4 Å². The zero-order valence-electron chi connectivity index (χ0n) is 18.3. The molecule has 0 N–H and O–H groups in total. The van der Waals surface area contributed by atoms with E-state index in [-0.39, 0.29) is 0 Å². The van der Waals surface area contributed by atoms with Crippen molar-refractivity contribution in [2.24, 2.45) is 0 Å². The first-order valence-corrected chi connectivity index (χ1v) is 14.0. The van der Waals surface area contributed by atoms with Crippen molar-refractivity contribution in [3.05, 3.63) is 132 Å². The summed E-state index contributed by atoms with van der Waals surface area (Å²) in [6.07, 6.45) is 4.80. The van der Waals surface area contributed by atoms with Gasteiger partial charge in [-0.25, -0.2) is 0 Å². The zero-order chi connectivity index (χ0) is 21.2. The van der Waals surface area contributed by atoms with E-state index in [1.54, 1.807) is 10.4 Å². The van der Waals surface area contributed by atoms with Crippen LogP contribution < -0.4 is 10.4 Å². The predicted octanol–water partition coefficient (Wildman–Crippen LogP) is 6.52. The highest BCUT2D eigenvalue weighted by Gasteiger charge is 2.35. The molecule has 0 aliphatic carbocycles. The van der Waals surface area contributed by atoms with E-state index >= 15 is 0 Å². The highest BCUT2D eigenvalue weighted by atomic mass is 28.3. The van der Waals surface area contributed by atoms with E-state index in [1.165, 1.54) is 36.1 Å². The SMILES string of the molecule is c1ccc(CCC[Si](CCCc2ccccc2)(c2ccccc2)c2ccccc2)cc1. The minimum Gasteiger partial charge on any atom is -0.0626 e. The van der Waals surface area contributed by atoms with Crippen LogP contribution in [0.5, 0.6) is 0 Å². The molecule has 4 aromatic carbocycles. The minimum absolute atomic E-state index is 1.16. The maximum absolute atomic E-state index is 2.39. The van der Waals surface area contributed by atoms with Gasteiger partial charge in [-0.3, -0.25) is 0 Å². The first-order valence-electron chi connectivity index (χ1n) is 11.6. The van der Waals surface area contributed by atoms with Crippen molar-refractivity contribution in [2.75, 3.05) is 0 Å². The topological polar surface area (TPSA) is 0 Å². The van der Waals surface area contributed by atoms with Crippen LogP contribution in [0.15, 0.2) is 121 Å². The summed E-state index contributed by atoms with van der Waals surface area (Å²) in [6.45, 7) is 0. The Hall–Kier alpha value is -2.90. The minimum atomic E-state index is -1.86. The predicted molar refractivity (Wildman–Crippen MR) is 137 cm³/mol. The molecule has 0 saturated heterocycles. The van der Waals surface area contributed by atoms with Gasteiger partial charge in [0.2, 0.25) is 0 Å². The van der Waals surface area contributed by atoms with E-state index in [0.717, 1.165) is 12.8 Å². The third-order valence-corrected chi connectivity index (χ3v) is 11.8. The van der Waals surface area contributed by atoms with E-state index in [0.29, 0.717) is 0 Å². The largest absolute Gasteiger partial charge is 0.118 e. The Morgan fingerprint density at radius 2 is 0.710 bits per heavy atom. The zero-order valence-corrected chi connectivity index (χ0v) is 19.3. The Morgan fingerprint density at radius 1 is 0.387 bits per heavy atom. The summed E-state index contributed by atoms with van der Waals surface area (Å²) in [5, 5.41) is 3.17. The summed E-state index contributed by atoms with van der Waals surface area (Å²) in [5.41, 5.74) is 2.91. The van der Waals surface area contributed by atoms with Crippen molar-refractivity contribution in [1.29, 1.82) is 0 Å². The first-order chi connectivity index (χ1) is 15.4. The van der Waals surface area contributed by atoms with Gasteiger partial charge in [0.05, 0.1) is 0 Å². The summed E-state index contributed by atoms with van der Waals surface area (Å²) >= 11 is 0. The lowest BCUT2D eigenvalue weighted by Crippen LogP contribution is -2.58. The Bertz CT molecular complexity index is 924. The highest BCUT2D eigenvalue weighted by Crippen LogP contribution is 2.23. The van der Waals surface area contributed by atoms with E-state index in [4.69, 9.17) is 0 Å². The van der Waals surface area contributed by atoms with Gasteiger partial charge in [0.25, 0.3) is 0 Å². The number of hydrogen-bond donors (Lipinski definition) is 0. The molecule has 4 aromatic rings. The molecule has 1 heteroatoms. The number of benzene rings is 4. The molecule has 0 radical (unpaired) electrons. The second-order valence-corrected chi connectivity index (χ2v) is 12.8. The molecule has 0 saturated carbocycles. The molecule has 0 aliphatic heterocycles. The van der Waals surface area contributed by atoms with Gasteiger partial charge in [0.15, 0.2) is 0 Å². The van der Waals surface area contributed by atoms with Crippen molar-refractivity contribution in [2.45, 2.75) is 37.8 Å². The third kappa shape index (κ3) is 5.62. The van der Waals surface area contributed by atoms with Gasteiger partial charge < -0.3 is 0 Å². The molecule has 0 unspecified atom stereocenters. The van der Waals surface area contributed by atoms with Crippen molar-refractivity contribution < 1.29 is 0 Å². The number of rotatable bonds is 10. The van der Waals surface area contributed by atoms with Gasteiger partial charge >= 0.3 is 0 Å². The van der Waals surface area contributed by atoms with Gasteiger partial charge in [-0.1, -0.05) is 145 Å². The molecule has 0 fully saturated rings. The van der Waals surface area contributed by atoms with Crippen LogP contribution in [0, 0.1) is 0 Å². The molecule has 31 heavy (non-hydrogen) atoms. The first kappa shape index (κ1) is 21.3. The summed E-state index contributed by atoms with van der Waals surface area (Å²) < 4.78 is 0. The quantitative estimate of drug-likeness (QED) is 0.256. The average molecular weight is 421 g/mol. The molecule has 4 rings (SSSR count). The highest BCUT2D eigenvalue weighted by molar-refractivity contribution is 7.02. The van der Waals surface area contributed by atoms with E-state index in [1.807, 2.05) is 0 Å². The molecule has 0 aromatic heterocycles. The molecule has 0 bridgehead atoms. The second kappa shape index (κ2) is 10.9. The standard InChI is InChI=1S/C30H32Si/c1-5-15-27(16-6-1)19-13-25-31(29-21-9-3-10-22-29,30-23-11-4-12-24-30)26-14-20-28-17-7-2-8-18-28/h1-12,15-18,21-24H,13-14,19-20,25-26H2. The lowest BCUT2D eigenvalue weighted by Gasteiger charge is -2.33. The Labute approximate surface area is 188 Å². The second-order valence-electron chi connectivity index (χ2n) is 8.49. The maximum Gasteiger partial charge on any atom is 0.118 e. The smallest absolute Gasteiger partial charge is 0.0626 e. The van der Waals surface area contributed by atoms with Crippen LogP contribution in [-0.4, -0.2) is 8.07 Å². The summed E-state index contributed by atoms with van der Waals surface area (Å²) in [5.74, 6) is 0. The van der Waals surface area contributed by atoms with Crippen LogP contribution in [0.2, 0.25) is 12.1 Å². The monoisotopic (exact) mass is 420 g/mol. The Balaban J connectivity index is 1.61. The Kier molecular flexibility index (Phi) is 7.52. The summed E-state index contributed by atoms with van der Waals surface area (Å²) in [4.78, 5) is 0. The molecule has 0 atom stereocenters. The van der Waals surface area contributed by atoms with Crippen molar-refractivity contribution in [3.8, 4) is 0 Å². The van der Waals surface area contributed by atoms with Crippen LogP contribution in [0.4, 0.5) is 0 Å². The molecule has 0 spiro atoms. The molecular formula is C30H32Si. The summed E-state index contributed by atoms with van der Waals surface area (Å²) in [6, 6.07) is 47.3. The van der Waals surface area contributed by atoms with Crippen LogP contribution in [0.25, 0.3) is 0 Å². The fraction of sp³-hybridized carbons (Fsp3) is 0.200. The van der Waals surface area contributed by atoms with Gasteiger partial charge in [-0.05, 0) is 36.1 Å². The van der Waals surface area contributed by atoms with Crippen LogP contribution >= 0.6 is 0 Å². The maximum atomic E-state index is 2.39. The summed E-state index contributed by atoms with van der Waals surface area (Å²) in [7, 11) is -1.86. The van der Waals surface area contributed by atoms with Crippen LogP contribution in [-0.2, 0) is 12.8 Å². The van der Waals surface area contributed by atoms with Crippen LogP contribution in [0.3, 0.4) is 0 Å². The van der Waals surface area contributed by atoms with Crippen molar-refractivity contribution in [3.63, 3.8) is 0 Å². The lowest BCUT2D eigenvalue weighted by atomic mass is 10.1. The van der Waals surface area contributed by atoms with Crippen LogP contribution in [0.1, 0.15) is 24.0 Å². The third-order valence-electron chi connectivity index (χ3n) is 6.48. The average Bonchev–Trinajstić information content (AvgIpc) is 2.85. The van der Waals surface area contributed by atoms with Gasteiger partial charge in [-0.2, -0.15) is 0 Å². The molecule has 0 amide bonds. The Morgan fingerprint density at radius 3 is 1.06 bits per heavy atom. The fourth-order valence-corrected chi connectivity index (χ4v) is 9.82. The molecular weight excluding hydrogens is 388 g/mol. The molecule has 0 heterocycles. The van der Waals surface area contributed by atoms with Crippen molar-refractivity contribution in [1.82, 2.24) is 0 Å². The molecule has 0 nitrogen and oxygen atoms in total.